The molecule has 0 bridgehead atoms. The van der Waals surface area contributed by atoms with Gasteiger partial charge in [-0.05, 0) is 80.1 Å². The third-order valence-electron chi connectivity index (χ3n) is 12.7. The van der Waals surface area contributed by atoms with Crippen LogP contribution in [0.1, 0.15) is 103 Å². The van der Waals surface area contributed by atoms with Gasteiger partial charge in [-0.15, -0.1) is 29.7 Å². The zero-order valence-corrected chi connectivity index (χ0v) is 40.8. The van der Waals surface area contributed by atoms with Gasteiger partial charge in [-0.25, -0.2) is 4.98 Å². The van der Waals surface area contributed by atoms with E-state index in [2.05, 4.69) is 224 Å². The third kappa shape index (κ3) is 8.39. The van der Waals surface area contributed by atoms with Crippen molar-refractivity contribution in [2.24, 2.45) is 0 Å². The molecule has 0 saturated carbocycles. The summed E-state index contributed by atoms with van der Waals surface area (Å²) in [6.45, 7) is 22.6. The largest absolute Gasteiger partial charge is 0.510 e. The Morgan fingerprint density at radius 2 is 1.16 bits per heavy atom. The van der Waals surface area contributed by atoms with E-state index in [4.69, 9.17) is 9.72 Å². The van der Waals surface area contributed by atoms with Crippen LogP contribution in [0.25, 0.3) is 39.0 Å². The molecule has 3 aromatic heterocycles. The standard InChI is InChI=1S/C58H56N4O.Pt/c1-55(2,3)42-31-32-59-54(35-42)62-51-30-27-44(58(9,10)41-21-15-12-16-22-41)34-50(51)49-29-28-48(37-52(49)62)63-47-26-18-24-45(36-47)60-38-53(56(4,5)6)61(39-60)46-25-17-23-43(33-46)57(7,8)40-19-13-11-14-20-40;/h11-35,38H,1-10H3;/q-2;. The molecule has 6 heteroatoms. The summed E-state index contributed by atoms with van der Waals surface area (Å²) >= 11 is 0. The SMILES string of the molecule is CC(C)(C)c1ccnc(-n2c3[c-]c(Oc4[c-]c(-n5[c-][n+](-c6cccc(C(C)(C)c7ccccc7)c6)c(C(C)(C)C)c5)ccc4)ccc3c3cc(C(C)(C)c4ccccc4)ccc32)c1.[Pt]. The van der Waals surface area contributed by atoms with Gasteiger partial charge in [-0.2, -0.15) is 18.2 Å². The van der Waals surface area contributed by atoms with Crippen LogP contribution in [0, 0.1) is 18.5 Å². The monoisotopic (exact) mass is 1020 g/mol. The van der Waals surface area contributed by atoms with E-state index in [9.17, 15) is 0 Å². The normalized spacial score (nSPS) is 12.4. The molecule has 0 unspecified atom stereocenters. The molecule has 0 amide bonds. The second kappa shape index (κ2) is 16.8. The average molecular weight is 1020 g/mol. The maximum atomic E-state index is 6.65. The van der Waals surface area contributed by atoms with Gasteiger partial charge >= 0.3 is 0 Å². The maximum Gasteiger partial charge on any atom is 0.267 e. The average Bonchev–Trinajstić information content (AvgIpc) is 3.88. The maximum absolute atomic E-state index is 6.65. The molecule has 326 valence electrons. The number of benzene rings is 6. The minimum atomic E-state index is -0.199. The molecule has 0 atom stereocenters. The molecular weight excluding hydrogens is 964 g/mol. The minimum absolute atomic E-state index is 0. The van der Waals surface area contributed by atoms with Crippen molar-refractivity contribution in [2.45, 2.75) is 90.9 Å². The molecule has 0 aliphatic rings. The summed E-state index contributed by atoms with van der Waals surface area (Å²) in [6, 6.07) is 58.8. The molecule has 9 rings (SSSR count). The van der Waals surface area contributed by atoms with Crippen LogP contribution in [0.4, 0.5) is 0 Å². The van der Waals surface area contributed by atoms with E-state index in [1.54, 1.807) is 0 Å². The van der Waals surface area contributed by atoms with Crippen molar-refractivity contribution in [3.05, 3.63) is 210 Å². The van der Waals surface area contributed by atoms with Crippen LogP contribution in [0.5, 0.6) is 11.5 Å². The summed E-state index contributed by atoms with van der Waals surface area (Å²) in [4.78, 5) is 4.94. The van der Waals surface area contributed by atoms with Gasteiger partial charge in [0.1, 0.15) is 5.82 Å². The number of aromatic nitrogens is 4. The zero-order chi connectivity index (χ0) is 44.3. The van der Waals surface area contributed by atoms with Crippen molar-refractivity contribution in [2.75, 3.05) is 0 Å². The fourth-order valence-corrected chi connectivity index (χ4v) is 8.67. The number of hydrogen-bond acceptors (Lipinski definition) is 2. The molecule has 9 aromatic rings. The Morgan fingerprint density at radius 3 is 1.81 bits per heavy atom. The number of pyridine rings is 1. The van der Waals surface area contributed by atoms with Crippen LogP contribution in [0.3, 0.4) is 0 Å². The van der Waals surface area contributed by atoms with Crippen LogP contribution in [0.15, 0.2) is 158 Å². The molecule has 0 spiro atoms. The molecule has 0 radical (unpaired) electrons. The molecule has 0 N–H and O–H groups in total. The number of hydrogen-bond donors (Lipinski definition) is 0. The molecule has 5 nitrogen and oxygen atoms in total. The van der Waals surface area contributed by atoms with Gasteiger partial charge in [0.05, 0.1) is 11.4 Å². The summed E-state index contributed by atoms with van der Waals surface area (Å²) in [5.74, 6) is 2.03. The molecule has 3 heterocycles. The van der Waals surface area contributed by atoms with E-state index in [0.29, 0.717) is 11.5 Å². The van der Waals surface area contributed by atoms with Gasteiger partial charge in [0.25, 0.3) is 6.33 Å². The van der Waals surface area contributed by atoms with Gasteiger partial charge in [-0.3, -0.25) is 4.57 Å². The Balaban J connectivity index is 0.00000560. The minimum Gasteiger partial charge on any atom is -0.510 e. The Kier molecular flexibility index (Phi) is 11.7. The van der Waals surface area contributed by atoms with Crippen LogP contribution >= 0.6 is 0 Å². The predicted molar refractivity (Wildman–Crippen MR) is 257 cm³/mol. The summed E-state index contributed by atoms with van der Waals surface area (Å²) in [7, 11) is 0. The molecule has 0 saturated heterocycles. The Labute approximate surface area is 393 Å². The fourth-order valence-electron chi connectivity index (χ4n) is 8.67. The Bertz CT molecular complexity index is 3110. The molecule has 6 aromatic carbocycles. The summed E-state index contributed by atoms with van der Waals surface area (Å²) < 4.78 is 13.1. The predicted octanol–water partition coefficient (Wildman–Crippen LogP) is 13.7. The van der Waals surface area contributed by atoms with E-state index in [1.807, 2.05) is 35.0 Å². The smallest absolute Gasteiger partial charge is 0.267 e. The molecule has 0 aliphatic heterocycles. The quantitative estimate of drug-likeness (QED) is 0.107. The summed E-state index contributed by atoms with van der Waals surface area (Å²) in [5, 5.41) is 2.23. The van der Waals surface area contributed by atoms with Crippen molar-refractivity contribution in [1.82, 2.24) is 14.1 Å². The van der Waals surface area contributed by atoms with E-state index in [0.717, 1.165) is 44.7 Å². The van der Waals surface area contributed by atoms with Crippen LogP contribution in [0.2, 0.25) is 0 Å². The van der Waals surface area contributed by atoms with Crippen molar-refractivity contribution >= 4 is 21.8 Å². The van der Waals surface area contributed by atoms with Gasteiger partial charge in [0.15, 0.2) is 0 Å². The number of imidazole rings is 1. The summed E-state index contributed by atoms with van der Waals surface area (Å²) in [6.07, 6.45) is 7.74. The van der Waals surface area contributed by atoms with Gasteiger partial charge < -0.3 is 13.9 Å². The van der Waals surface area contributed by atoms with Gasteiger partial charge in [-0.1, -0.05) is 160 Å². The first-order valence-corrected chi connectivity index (χ1v) is 22.0. The van der Waals surface area contributed by atoms with Crippen molar-refractivity contribution < 1.29 is 30.4 Å². The third-order valence-corrected chi connectivity index (χ3v) is 12.7. The molecule has 0 aliphatic carbocycles. The van der Waals surface area contributed by atoms with Gasteiger partial charge in [0.2, 0.25) is 0 Å². The first-order valence-electron chi connectivity index (χ1n) is 22.0. The van der Waals surface area contributed by atoms with E-state index in [1.165, 1.54) is 27.8 Å². The van der Waals surface area contributed by atoms with E-state index >= 15 is 0 Å². The topological polar surface area (TPSA) is 35.9 Å². The van der Waals surface area contributed by atoms with Crippen molar-refractivity contribution in [3.63, 3.8) is 0 Å². The van der Waals surface area contributed by atoms with Crippen molar-refractivity contribution in [3.8, 4) is 28.7 Å². The van der Waals surface area contributed by atoms with Crippen molar-refractivity contribution in [1.29, 1.82) is 0 Å². The zero-order valence-electron chi connectivity index (χ0n) is 38.5. The first kappa shape index (κ1) is 44.6. The number of fused-ring (bicyclic) bond motifs is 3. The number of ether oxygens (including phenoxy) is 1. The van der Waals surface area contributed by atoms with Gasteiger partial charge in [0, 0.05) is 61.3 Å². The molecule has 0 fully saturated rings. The summed E-state index contributed by atoms with van der Waals surface area (Å²) in [5.41, 5.74) is 10.6. The molecular formula is C58H56N4OPt-2. The Morgan fingerprint density at radius 1 is 0.531 bits per heavy atom. The van der Waals surface area contributed by atoms with E-state index < -0.39 is 0 Å². The number of rotatable bonds is 9. The first-order chi connectivity index (χ1) is 30.0. The van der Waals surface area contributed by atoms with Crippen LogP contribution in [-0.4, -0.2) is 14.1 Å². The second-order valence-corrected chi connectivity index (χ2v) is 19.9. The second-order valence-electron chi connectivity index (χ2n) is 19.9. The number of nitrogens with zero attached hydrogens (tertiary/aromatic N) is 4. The molecule has 64 heavy (non-hydrogen) atoms. The fraction of sp³-hybridized carbons (Fsp3) is 0.241. The van der Waals surface area contributed by atoms with Crippen LogP contribution < -0.4 is 9.30 Å². The van der Waals surface area contributed by atoms with E-state index in [-0.39, 0.29) is 42.7 Å². The Hall–Kier alpha value is -6.03. The van der Waals surface area contributed by atoms with Crippen LogP contribution in [-0.2, 0) is 42.7 Å².